The Kier molecular flexibility index (Phi) is 5.62. The molecule has 0 aliphatic heterocycles. The van der Waals surface area contributed by atoms with Crippen molar-refractivity contribution in [3.05, 3.63) is 45.8 Å². The number of hydrogen-bond acceptors (Lipinski definition) is 1. The van der Waals surface area contributed by atoms with Crippen molar-refractivity contribution in [3.8, 4) is 16.9 Å². The molecular weight excluding hydrogens is 373 g/mol. The predicted octanol–water partition coefficient (Wildman–Crippen LogP) is 4.79. The topological polar surface area (TPSA) is 13.1 Å². The highest BCUT2D eigenvalue weighted by Gasteiger charge is 2.16. The smallest absolute Gasteiger partial charge is 0.212 e. The molecule has 0 bridgehead atoms. The molecule has 1 aromatic carbocycles. The number of halogens is 1. The summed E-state index contributed by atoms with van der Waals surface area (Å²) in [4.78, 5) is 0. The van der Waals surface area contributed by atoms with E-state index in [1.54, 1.807) is 0 Å². The summed E-state index contributed by atoms with van der Waals surface area (Å²) < 4.78 is 9.16. The van der Waals surface area contributed by atoms with E-state index in [-0.39, 0.29) is 0 Å². The van der Waals surface area contributed by atoms with E-state index in [1.807, 2.05) is 6.92 Å². The van der Waals surface area contributed by atoms with Gasteiger partial charge in [-0.3, -0.25) is 0 Å². The van der Waals surface area contributed by atoms with Gasteiger partial charge in [0.25, 0.3) is 0 Å². The fourth-order valence-corrected chi connectivity index (χ4v) is 3.05. The van der Waals surface area contributed by atoms with Gasteiger partial charge in [-0.05, 0) is 53.5 Å². The van der Waals surface area contributed by atoms with E-state index in [1.165, 1.54) is 20.3 Å². The van der Waals surface area contributed by atoms with Gasteiger partial charge in [-0.2, -0.15) is 0 Å². The quantitative estimate of drug-likeness (QED) is 0.523. The van der Waals surface area contributed by atoms with Crippen LogP contribution in [0, 0.1) is 3.57 Å². The van der Waals surface area contributed by atoms with Crippen molar-refractivity contribution in [2.75, 3.05) is 6.61 Å². The first-order chi connectivity index (χ1) is 10.1. The van der Waals surface area contributed by atoms with Crippen molar-refractivity contribution in [2.45, 2.75) is 40.2 Å². The van der Waals surface area contributed by atoms with Crippen LogP contribution < -0.4 is 9.30 Å². The third kappa shape index (κ3) is 3.76. The fourth-order valence-electron chi connectivity index (χ4n) is 2.31. The van der Waals surface area contributed by atoms with Gasteiger partial charge in [0.1, 0.15) is 6.54 Å². The maximum absolute atomic E-state index is 5.79. The fraction of sp³-hybridized carbons (Fsp3) is 0.389. The van der Waals surface area contributed by atoms with Crippen LogP contribution in [0.15, 0.2) is 36.7 Å². The lowest BCUT2D eigenvalue weighted by atomic mass is 9.98. The molecule has 0 N–H and O–H groups in total. The van der Waals surface area contributed by atoms with Crippen LogP contribution in [-0.4, -0.2) is 6.61 Å². The molecule has 2 rings (SSSR count). The van der Waals surface area contributed by atoms with Crippen LogP contribution in [0.25, 0.3) is 11.1 Å². The lowest BCUT2D eigenvalue weighted by Gasteiger charge is -2.11. The van der Waals surface area contributed by atoms with Gasteiger partial charge in [0.15, 0.2) is 11.9 Å². The third-order valence-electron chi connectivity index (χ3n) is 3.56. The van der Waals surface area contributed by atoms with Crippen LogP contribution in [-0.2, 0) is 6.54 Å². The van der Waals surface area contributed by atoms with E-state index in [0.717, 1.165) is 12.3 Å². The average Bonchev–Trinajstić information content (AvgIpc) is 2.49. The second-order valence-electron chi connectivity index (χ2n) is 5.39. The molecule has 0 spiro atoms. The summed E-state index contributed by atoms with van der Waals surface area (Å²) >= 11 is 2.39. The molecule has 0 amide bonds. The Balaban J connectivity index is 2.56. The van der Waals surface area contributed by atoms with E-state index >= 15 is 0 Å². The maximum Gasteiger partial charge on any atom is 0.212 e. The normalized spacial score (nSPS) is 11.0. The molecule has 0 unspecified atom stereocenters. The summed E-state index contributed by atoms with van der Waals surface area (Å²) in [5.74, 6) is 1.50. The highest BCUT2D eigenvalue weighted by atomic mass is 127. The number of aryl methyl sites for hydroxylation is 1. The molecule has 0 saturated carbocycles. The van der Waals surface area contributed by atoms with E-state index in [9.17, 15) is 0 Å². The number of nitrogens with zero attached hydrogens (tertiary/aromatic N) is 1. The highest BCUT2D eigenvalue weighted by Crippen LogP contribution is 2.32. The zero-order valence-electron chi connectivity index (χ0n) is 13.2. The number of aromatic nitrogens is 1. The van der Waals surface area contributed by atoms with E-state index in [0.29, 0.717) is 12.5 Å². The van der Waals surface area contributed by atoms with Gasteiger partial charge >= 0.3 is 0 Å². The summed E-state index contributed by atoms with van der Waals surface area (Å²) in [7, 11) is 0. The SMILES string of the molecule is CCOc1c[n+](CC)cc(-c2cccc(C(C)C)c2)c1I. The van der Waals surface area contributed by atoms with Crippen LogP contribution in [0.1, 0.15) is 39.2 Å². The summed E-state index contributed by atoms with van der Waals surface area (Å²) in [6, 6.07) is 8.81. The molecule has 112 valence electrons. The molecule has 0 fully saturated rings. The second-order valence-corrected chi connectivity index (χ2v) is 6.47. The van der Waals surface area contributed by atoms with Gasteiger partial charge in [0.2, 0.25) is 6.20 Å². The number of benzene rings is 1. The summed E-state index contributed by atoms with van der Waals surface area (Å²) in [5, 5.41) is 0. The molecule has 0 atom stereocenters. The van der Waals surface area contributed by atoms with Gasteiger partial charge in [0, 0.05) is 0 Å². The number of ether oxygens (including phenoxy) is 1. The molecule has 21 heavy (non-hydrogen) atoms. The predicted molar refractivity (Wildman–Crippen MR) is 95.7 cm³/mol. The molecule has 1 heterocycles. The largest absolute Gasteiger partial charge is 0.487 e. The Morgan fingerprint density at radius 1 is 1.19 bits per heavy atom. The third-order valence-corrected chi connectivity index (χ3v) is 4.67. The molecule has 0 saturated heterocycles. The first-order valence-electron chi connectivity index (χ1n) is 7.52. The highest BCUT2D eigenvalue weighted by molar-refractivity contribution is 14.1. The molecule has 2 nitrogen and oxygen atoms in total. The van der Waals surface area contributed by atoms with Gasteiger partial charge in [-0.1, -0.05) is 38.1 Å². The molecular formula is C18H23INO+. The zero-order valence-corrected chi connectivity index (χ0v) is 15.3. The maximum atomic E-state index is 5.79. The lowest BCUT2D eigenvalue weighted by molar-refractivity contribution is -0.693. The van der Waals surface area contributed by atoms with Gasteiger partial charge in [0.05, 0.1) is 15.7 Å². The molecule has 1 aromatic heterocycles. The minimum atomic E-state index is 0.538. The molecule has 0 radical (unpaired) electrons. The van der Waals surface area contributed by atoms with E-state index in [2.05, 4.69) is 84.6 Å². The lowest BCUT2D eigenvalue weighted by Crippen LogP contribution is -2.32. The van der Waals surface area contributed by atoms with Crippen LogP contribution in [0.5, 0.6) is 5.75 Å². The van der Waals surface area contributed by atoms with Crippen molar-refractivity contribution in [1.82, 2.24) is 0 Å². The van der Waals surface area contributed by atoms with Crippen LogP contribution >= 0.6 is 22.6 Å². The first-order valence-corrected chi connectivity index (χ1v) is 8.60. The summed E-state index contributed by atoms with van der Waals surface area (Å²) in [6.07, 6.45) is 4.30. The van der Waals surface area contributed by atoms with Crippen LogP contribution in [0.2, 0.25) is 0 Å². The van der Waals surface area contributed by atoms with Crippen molar-refractivity contribution >= 4 is 22.6 Å². The first kappa shape index (κ1) is 16.3. The van der Waals surface area contributed by atoms with Gasteiger partial charge in [-0.15, -0.1) is 0 Å². The van der Waals surface area contributed by atoms with Crippen molar-refractivity contribution in [2.24, 2.45) is 0 Å². The Labute approximate surface area is 141 Å². The van der Waals surface area contributed by atoms with Crippen molar-refractivity contribution in [1.29, 1.82) is 0 Å². The van der Waals surface area contributed by atoms with Crippen molar-refractivity contribution < 1.29 is 9.30 Å². The Morgan fingerprint density at radius 3 is 2.57 bits per heavy atom. The number of pyridine rings is 1. The second kappa shape index (κ2) is 7.25. The van der Waals surface area contributed by atoms with Gasteiger partial charge < -0.3 is 4.74 Å². The Morgan fingerprint density at radius 2 is 1.95 bits per heavy atom. The molecule has 0 aliphatic rings. The Bertz CT molecular complexity index is 623. The number of rotatable bonds is 5. The van der Waals surface area contributed by atoms with E-state index < -0.39 is 0 Å². The number of hydrogen-bond donors (Lipinski definition) is 0. The average molecular weight is 396 g/mol. The zero-order chi connectivity index (χ0) is 15.4. The molecule has 2 aromatic rings. The Hall–Kier alpha value is -1.10. The van der Waals surface area contributed by atoms with Crippen LogP contribution in [0.3, 0.4) is 0 Å². The van der Waals surface area contributed by atoms with Crippen molar-refractivity contribution in [3.63, 3.8) is 0 Å². The van der Waals surface area contributed by atoms with Crippen LogP contribution in [0.4, 0.5) is 0 Å². The monoisotopic (exact) mass is 396 g/mol. The summed E-state index contributed by atoms with van der Waals surface area (Å²) in [5.41, 5.74) is 3.87. The minimum Gasteiger partial charge on any atom is -0.487 e. The molecule has 3 heteroatoms. The summed E-state index contributed by atoms with van der Waals surface area (Å²) in [6.45, 7) is 10.3. The van der Waals surface area contributed by atoms with E-state index in [4.69, 9.17) is 4.74 Å². The molecule has 0 aliphatic carbocycles. The van der Waals surface area contributed by atoms with Gasteiger partial charge in [-0.25, -0.2) is 4.57 Å². The minimum absolute atomic E-state index is 0.538. The standard InChI is InChI=1S/C18H23INO/c1-5-20-11-16(18(19)17(12-20)21-6-2)15-9-7-8-14(10-15)13(3)4/h7-13H,5-6H2,1-4H3/q+1.